The first kappa shape index (κ1) is 14.5. The first-order chi connectivity index (χ1) is 10.3. The predicted octanol–water partition coefficient (Wildman–Crippen LogP) is 1.51. The van der Waals surface area contributed by atoms with Crippen molar-refractivity contribution in [2.45, 2.75) is 43.8 Å². The number of pyridine rings is 1. The van der Waals surface area contributed by atoms with Gasteiger partial charge in [-0.1, -0.05) is 6.07 Å². The van der Waals surface area contributed by atoms with Crippen LogP contribution in [0, 0.1) is 0 Å². The van der Waals surface area contributed by atoms with Crippen LogP contribution in [0.4, 0.5) is 0 Å². The molecule has 3 rings (SSSR count). The number of amides is 1. The molecule has 3 atom stereocenters. The molecule has 0 aliphatic carbocycles. The van der Waals surface area contributed by atoms with Crippen LogP contribution in [-0.4, -0.2) is 48.1 Å². The number of rotatable bonds is 3. The number of carbonyl (C=O) groups excluding carboxylic acids is 1. The Bertz CT molecular complexity index is 472. The van der Waals surface area contributed by atoms with Gasteiger partial charge in [-0.2, -0.15) is 0 Å². The van der Waals surface area contributed by atoms with E-state index in [0.717, 1.165) is 38.0 Å². The van der Waals surface area contributed by atoms with Crippen molar-refractivity contribution in [2.75, 3.05) is 20.3 Å². The lowest BCUT2D eigenvalue weighted by molar-refractivity contribution is -0.127. The molecule has 0 unspecified atom stereocenters. The highest BCUT2D eigenvalue weighted by Gasteiger charge is 2.39. The molecule has 21 heavy (non-hydrogen) atoms. The zero-order chi connectivity index (χ0) is 14.7. The van der Waals surface area contributed by atoms with Crippen LogP contribution in [0.25, 0.3) is 0 Å². The van der Waals surface area contributed by atoms with Gasteiger partial charge in [-0.25, -0.2) is 0 Å². The quantitative estimate of drug-likeness (QED) is 0.916. The number of likely N-dealkylation sites (tertiary alicyclic amines) is 1. The second-order valence-corrected chi connectivity index (χ2v) is 5.95. The summed E-state index contributed by atoms with van der Waals surface area (Å²) in [5, 5.41) is 3.70. The largest absolute Gasteiger partial charge is 0.381 e. The first-order valence-corrected chi connectivity index (χ1v) is 7.75. The molecule has 1 aromatic heterocycles. The molecule has 0 saturated carbocycles. The van der Waals surface area contributed by atoms with Gasteiger partial charge in [-0.3, -0.25) is 9.78 Å². The lowest BCUT2D eigenvalue weighted by atomic mass is 9.99. The van der Waals surface area contributed by atoms with Gasteiger partial charge in [0, 0.05) is 51.2 Å². The molecule has 2 aliphatic rings. The van der Waals surface area contributed by atoms with E-state index in [0.29, 0.717) is 12.5 Å². The summed E-state index contributed by atoms with van der Waals surface area (Å²) < 4.78 is 5.52. The van der Waals surface area contributed by atoms with E-state index in [4.69, 9.17) is 4.74 Å². The van der Waals surface area contributed by atoms with Crippen molar-refractivity contribution >= 4 is 5.91 Å². The fourth-order valence-corrected chi connectivity index (χ4v) is 3.40. The van der Waals surface area contributed by atoms with E-state index in [9.17, 15) is 4.79 Å². The molecule has 0 radical (unpaired) electrons. The summed E-state index contributed by atoms with van der Waals surface area (Å²) in [5.74, 6) is 0.200. The van der Waals surface area contributed by atoms with E-state index in [2.05, 4.69) is 16.4 Å². The third kappa shape index (κ3) is 3.24. The van der Waals surface area contributed by atoms with Crippen molar-refractivity contribution in [3.63, 3.8) is 0 Å². The maximum absolute atomic E-state index is 12.1. The fourth-order valence-electron chi connectivity index (χ4n) is 3.40. The molecule has 5 heteroatoms. The van der Waals surface area contributed by atoms with Crippen LogP contribution in [0.3, 0.4) is 0 Å². The standard InChI is InChI=1S/C16H23N3O2/c1-19-15(20)10-14(16(19)12-4-2-7-17-11-12)18-13-5-3-8-21-9-6-13/h2,4,7,11,13-14,16,18H,3,5-6,8-10H2,1H3/t13-,14+,16-/m0/s1. The molecule has 1 aromatic rings. The van der Waals surface area contributed by atoms with Crippen LogP contribution in [0.15, 0.2) is 24.5 Å². The molecular formula is C16H23N3O2. The van der Waals surface area contributed by atoms with Crippen LogP contribution >= 0.6 is 0 Å². The van der Waals surface area contributed by atoms with Gasteiger partial charge in [0.25, 0.3) is 0 Å². The smallest absolute Gasteiger partial charge is 0.224 e. The minimum Gasteiger partial charge on any atom is -0.381 e. The van der Waals surface area contributed by atoms with Gasteiger partial charge in [-0.15, -0.1) is 0 Å². The molecule has 3 heterocycles. The first-order valence-electron chi connectivity index (χ1n) is 7.75. The predicted molar refractivity (Wildman–Crippen MR) is 79.7 cm³/mol. The van der Waals surface area contributed by atoms with Crippen LogP contribution in [0.1, 0.15) is 37.3 Å². The highest BCUT2D eigenvalue weighted by molar-refractivity contribution is 5.80. The van der Waals surface area contributed by atoms with E-state index < -0.39 is 0 Å². The molecule has 2 fully saturated rings. The Morgan fingerprint density at radius 2 is 2.29 bits per heavy atom. The molecule has 0 aromatic carbocycles. The molecule has 114 valence electrons. The summed E-state index contributed by atoms with van der Waals surface area (Å²) in [6, 6.07) is 4.67. The van der Waals surface area contributed by atoms with Crippen molar-refractivity contribution in [2.24, 2.45) is 0 Å². The van der Waals surface area contributed by atoms with Gasteiger partial charge in [0.05, 0.1) is 6.04 Å². The van der Waals surface area contributed by atoms with Crippen molar-refractivity contribution in [3.8, 4) is 0 Å². The Morgan fingerprint density at radius 3 is 3.10 bits per heavy atom. The number of hydrogen-bond donors (Lipinski definition) is 1. The second kappa shape index (κ2) is 6.54. The third-order valence-corrected chi connectivity index (χ3v) is 4.51. The van der Waals surface area contributed by atoms with E-state index in [-0.39, 0.29) is 18.0 Å². The van der Waals surface area contributed by atoms with Gasteiger partial charge in [0.15, 0.2) is 0 Å². The number of hydrogen-bond acceptors (Lipinski definition) is 4. The van der Waals surface area contributed by atoms with Crippen LogP contribution < -0.4 is 5.32 Å². The minimum absolute atomic E-state index is 0.0790. The van der Waals surface area contributed by atoms with Crippen LogP contribution in [-0.2, 0) is 9.53 Å². The van der Waals surface area contributed by atoms with Crippen LogP contribution in [0.5, 0.6) is 0 Å². The molecule has 0 bridgehead atoms. The zero-order valence-corrected chi connectivity index (χ0v) is 12.5. The summed E-state index contributed by atoms with van der Waals surface area (Å²) >= 11 is 0. The fraction of sp³-hybridized carbons (Fsp3) is 0.625. The van der Waals surface area contributed by atoms with E-state index >= 15 is 0 Å². The van der Waals surface area contributed by atoms with Crippen molar-refractivity contribution in [3.05, 3.63) is 30.1 Å². The van der Waals surface area contributed by atoms with Gasteiger partial charge in [0.2, 0.25) is 5.91 Å². The summed E-state index contributed by atoms with van der Waals surface area (Å²) in [7, 11) is 1.89. The van der Waals surface area contributed by atoms with E-state index in [1.807, 2.05) is 24.2 Å². The molecular weight excluding hydrogens is 266 g/mol. The number of ether oxygens (including phenoxy) is 1. The molecule has 2 aliphatic heterocycles. The Labute approximate surface area is 125 Å². The van der Waals surface area contributed by atoms with Gasteiger partial charge < -0.3 is 15.0 Å². The van der Waals surface area contributed by atoms with Crippen LogP contribution in [0.2, 0.25) is 0 Å². The number of aromatic nitrogens is 1. The third-order valence-electron chi connectivity index (χ3n) is 4.51. The lowest BCUT2D eigenvalue weighted by Crippen LogP contribution is -2.41. The maximum atomic E-state index is 12.1. The minimum atomic E-state index is 0.0790. The zero-order valence-electron chi connectivity index (χ0n) is 12.5. The average molecular weight is 289 g/mol. The Hall–Kier alpha value is -1.46. The Kier molecular flexibility index (Phi) is 4.51. The van der Waals surface area contributed by atoms with Gasteiger partial charge in [0.1, 0.15) is 0 Å². The van der Waals surface area contributed by atoms with Crippen molar-refractivity contribution in [1.29, 1.82) is 0 Å². The highest BCUT2D eigenvalue weighted by Crippen LogP contribution is 2.32. The molecule has 2 saturated heterocycles. The van der Waals surface area contributed by atoms with Crippen molar-refractivity contribution in [1.82, 2.24) is 15.2 Å². The molecule has 5 nitrogen and oxygen atoms in total. The highest BCUT2D eigenvalue weighted by atomic mass is 16.5. The number of nitrogens with one attached hydrogen (secondary N) is 1. The van der Waals surface area contributed by atoms with Gasteiger partial charge in [-0.05, 0) is 30.9 Å². The Morgan fingerprint density at radius 1 is 1.38 bits per heavy atom. The maximum Gasteiger partial charge on any atom is 0.224 e. The monoisotopic (exact) mass is 289 g/mol. The normalized spacial score (nSPS) is 30.4. The summed E-state index contributed by atoms with van der Waals surface area (Å²) in [5.41, 5.74) is 1.10. The lowest BCUT2D eigenvalue weighted by Gasteiger charge is -2.28. The summed E-state index contributed by atoms with van der Waals surface area (Å²) in [6.45, 7) is 1.67. The Balaban J connectivity index is 1.74. The molecule has 1 amide bonds. The summed E-state index contributed by atoms with van der Waals surface area (Å²) in [4.78, 5) is 18.2. The average Bonchev–Trinajstić information content (AvgIpc) is 2.69. The van der Waals surface area contributed by atoms with E-state index in [1.165, 1.54) is 0 Å². The van der Waals surface area contributed by atoms with Crippen molar-refractivity contribution < 1.29 is 9.53 Å². The SMILES string of the molecule is CN1C(=O)C[C@@H](N[C@H]2CCCOCC2)[C@@H]1c1cccnc1. The van der Waals surface area contributed by atoms with E-state index in [1.54, 1.807) is 6.20 Å². The molecule has 1 N–H and O–H groups in total. The van der Waals surface area contributed by atoms with Gasteiger partial charge >= 0.3 is 0 Å². The summed E-state index contributed by atoms with van der Waals surface area (Å²) in [6.07, 6.45) is 7.43. The molecule has 0 spiro atoms. The number of carbonyl (C=O) groups is 1. The second-order valence-electron chi connectivity index (χ2n) is 5.95. The number of likely N-dealkylation sites (N-methyl/N-ethyl adjacent to an activating group) is 1. The topological polar surface area (TPSA) is 54.5 Å². The number of nitrogens with zero attached hydrogens (tertiary/aromatic N) is 2.